The van der Waals surface area contributed by atoms with Crippen LogP contribution in [-0.4, -0.2) is 21.9 Å². The van der Waals surface area contributed by atoms with Crippen LogP contribution < -0.4 is 5.43 Å². The van der Waals surface area contributed by atoms with Crippen LogP contribution in [0.1, 0.15) is 24.0 Å². The largest absolute Gasteiger partial charge is 0.273 e. The average molecular weight is 379 g/mol. The molecular formula is C21H19ClN4O. The van der Waals surface area contributed by atoms with Crippen LogP contribution in [0.25, 0.3) is 11.3 Å². The van der Waals surface area contributed by atoms with Crippen molar-refractivity contribution in [2.45, 2.75) is 19.4 Å². The van der Waals surface area contributed by atoms with Crippen molar-refractivity contribution in [3.63, 3.8) is 0 Å². The molecule has 1 amide bonds. The topological polar surface area (TPSA) is 59.3 Å². The second-order valence-electron chi connectivity index (χ2n) is 6.60. The molecule has 0 atom stereocenters. The van der Waals surface area contributed by atoms with Crippen LogP contribution in [0.5, 0.6) is 0 Å². The van der Waals surface area contributed by atoms with Gasteiger partial charge in [-0.2, -0.15) is 10.2 Å². The van der Waals surface area contributed by atoms with E-state index in [1.165, 1.54) is 0 Å². The predicted octanol–water partition coefficient (Wildman–Crippen LogP) is 4.11. The molecule has 1 saturated carbocycles. The maximum atomic E-state index is 11.8. The molecule has 3 aromatic rings. The smallest absolute Gasteiger partial charge is 0.243 e. The number of hydrogen-bond acceptors (Lipinski definition) is 3. The first kappa shape index (κ1) is 17.5. The van der Waals surface area contributed by atoms with Gasteiger partial charge in [-0.3, -0.25) is 9.48 Å². The highest BCUT2D eigenvalue weighted by atomic mass is 35.5. The number of halogens is 1. The molecule has 0 saturated heterocycles. The Bertz CT molecular complexity index is 977. The molecule has 1 fully saturated rings. The zero-order valence-electron chi connectivity index (χ0n) is 14.7. The van der Waals surface area contributed by atoms with E-state index in [0.717, 1.165) is 35.2 Å². The van der Waals surface area contributed by atoms with Crippen molar-refractivity contribution in [3.8, 4) is 11.3 Å². The second-order valence-corrected chi connectivity index (χ2v) is 7.00. The monoisotopic (exact) mass is 378 g/mol. The quantitative estimate of drug-likeness (QED) is 0.518. The number of carbonyl (C=O) groups is 1. The fourth-order valence-electron chi connectivity index (χ4n) is 2.84. The molecule has 1 heterocycles. The Hall–Kier alpha value is -2.92. The third kappa shape index (κ3) is 4.26. The van der Waals surface area contributed by atoms with Gasteiger partial charge >= 0.3 is 0 Å². The van der Waals surface area contributed by atoms with Gasteiger partial charge < -0.3 is 0 Å². The molecule has 27 heavy (non-hydrogen) atoms. The molecular weight excluding hydrogens is 360 g/mol. The van der Waals surface area contributed by atoms with Gasteiger partial charge in [0.15, 0.2) is 0 Å². The molecule has 0 aliphatic heterocycles. The molecule has 4 rings (SSSR count). The number of benzene rings is 2. The number of nitrogens with one attached hydrogen (secondary N) is 1. The SMILES string of the molecule is O=C(N/N=C\c1cn(Cc2ccccc2Cl)nc1-c1ccccc1)C1CC1. The van der Waals surface area contributed by atoms with Crippen LogP contribution >= 0.6 is 11.6 Å². The minimum atomic E-state index is -0.0176. The van der Waals surface area contributed by atoms with E-state index in [9.17, 15) is 4.79 Å². The molecule has 5 nitrogen and oxygen atoms in total. The highest BCUT2D eigenvalue weighted by molar-refractivity contribution is 6.31. The zero-order valence-corrected chi connectivity index (χ0v) is 15.4. The lowest BCUT2D eigenvalue weighted by Gasteiger charge is -2.04. The fraction of sp³-hybridized carbons (Fsp3) is 0.190. The summed E-state index contributed by atoms with van der Waals surface area (Å²) in [5.74, 6) is 0.106. The van der Waals surface area contributed by atoms with Crippen molar-refractivity contribution in [1.82, 2.24) is 15.2 Å². The first-order chi connectivity index (χ1) is 13.2. The number of hydrazone groups is 1. The van der Waals surface area contributed by atoms with E-state index in [0.29, 0.717) is 11.6 Å². The van der Waals surface area contributed by atoms with Crippen molar-refractivity contribution < 1.29 is 4.79 Å². The average Bonchev–Trinajstić information content (AvgIpc) is 3.46. The number of nitrogens with zero attached hydrogens (tertiary/aromatic N) is 3. The lowest BCUT2D eigenvalue weighted by Crippen LogP contribution is -2.18. The summed E-state index contributed by atoms with van der Waals surface area (Å²) < 4.78 is 1.84. The van der Waals surface area contributed by atoms with E-state index in [1.54, 1.807) is 6.21 Å². The summed E-state index contributed by atoms with van der Waals surface area (Å²) in [7, 11) is 0. The Kier molecular flexibility index (Phi) is 5.03. The highest BCUT2D eigenvalue weighted by Gasteiger charge is 2.29. The molecule has 136 valence electrons. The van der Waals surface area contributed by atoms with Gasteiger partial charge in [-0.15, -0.1) is 0 Å². The molecule has 6 heteroatoms. The van der Waals surface area contributed by atoms with Gasteiger partial charge in [0.2, 0.25) is 5.91 Å². The predicted molar refractivity (Wildman–Crippen MR) is 107 cm³/mol. The fourth-order valence-corrected chi connectivity index (χ4v) is 3.03. The minimum Gasteiger partial charge on any atom is -0.273 e. The summed E-state index contributed by atoms with van der Waals surface area (Å²) in [4.78, 5) is 11.8. The molecule has 0 spiro atoms. The van der Waals surface area contributed by atoms with Gasteiger partial charge in [0, 0.05) is 28.3 Å². The van der Waals surface area contributed by atoms with Gasteiger partial charge in [-0.1, -0.05) is 60.1 Å². The lowest BCUT2D eigenvalue weighted by atomic mass is 10.1. The molecule has 0 bridgehead atoms. The van der Waals surface area contributed by atoms with Gasteiger partial charge in [0.05, 0.1) is 12.8 Å². The summed E-state index contributed by atoms with van der Waals surface area (Å²) in [6.07, 6.45) is 5.47. The number of hydrogen-bond donors (Lipinski definition) is 1. The third-order valence-electron chi connectivity index (χ3n) is 4.45. The van der Waals surface area contributed by atoms with Crippen molar-refractivity contribution in [1.29, 1.82) is 0 Å². The number of amides is 1. The first-order valence-electron chi connectivity index (χ1n) is 8.90. The molecule has 0 unspecified atom stereocenters. The van der Waals surface area contributed by atoms with E-state index in [4.69, 9.17) is 16.7 Å². The lowest BCUT2D eigenvalue weighted by molar-refractivity contribution is -0.122. The normalized spacial score (nSPS) is 13.8. The van der Waals surface area contributed by atoms with Crippen LogP contribution in [0.15, 0.2) is 65.9 Å². The standard InChI is InChI=1S/C21H19ClN4O/c22-19-9-5-4-8-17(19)13-26-14-18(12-23-24-21(27)16-10-11-16)20(25-26)15-6-2-1-3-7-15/h1-9,12,14,16H,10-11,13H2,(H,24,27)/b23-12-. The molecule has 1 aliphatic rings. The van der Waals surface area contributed by atoms with Crippen LogP contribution in [0.3, 0.4) is 0 Å². The Balaban J connectivity index is 1.61. The second kappa shape index (κ2) is 7.76. The third-order valence-corrected chi connectivity index (χ3v) is 4.82. The van der Waals surface area contributed by atoms with Crippen LogP contribution in [0.4, 0.5) is 0 Å². The maximum absolute atomic E-state index is 11.8. The molecule has 0 radical (unpaired) electrons. The maximum Gasteiger partial charge on any atom is 0.243 e. The van der Waals surface area contributed by atoms with Gasteiger partial charge in [-0.25, -0.2) is 5.43 Å². The van der Waals surface area contributed by atoms with Crippen molar-refractivity contribution >= 4 is 23.7 Å². The van der Waals surface area contributed by atoms with Gasteiger partial charge in [0.1, 0.15) is 5.69 Å². The van der Waals surface area contributed by atoms with E-state index in [1.807, 2.05) is 65.5 Å². The molecule has 1 aliphatic carbocycles. The van der Waals surface area contributed by atoms with Crippen molar-refractivity contribution in [3.05, 3.63) is 76.9 Å². The van der Waals surface area contributed by atoms with Gasteiger partial charge in [-0.05, 0) is 24.5 Å². The van der Waals surface area contributed by atoms with Gasteiger partial charge in [0.25, 0.3) is 0 Å². The van der Waals surface area contributed by atoms with E-state index < -0.39 is 0 Å². The summed E-state index contributed by atoms with van der Waals surface area (Å²) in [5, 5.41) is 9.55. The Morgan fingerprint density at radius 1 is 1.19 bits per heavy atom. The summed E-state index contributed by atoms with van der Waals surface area (Å²) >= 11 is 6.28. The molecule has 1 aromatic heterocycles. The highest BCUT2D eigenvalue weighted by Crippen LogP contribution is 2.28. The first-order valence-corrected chi connectivity index (χ1v) is 9.28. The van der Waals surface area contributed by atoms with Crippen LogP contribution in [0, 0.1) is 5.92 Å². The Labute approximate surface area is 162 Å². The van der Waals surface area contributed by atoms with E-state index in [2.05, 4.69) is 10.5 Å². The van der Waals surface area contributed by atoms with Crippen molar-refractivity contribution in [2.24, 2.45) is 11.0 Å². The van der Waals surface area contributed by atoms with Crippen LogP contribution in [0.2, 0.25) is 5.02 Å². The molecule has 2 aromatic carbocycles. The summed E-state index contributed by atoms with van der Waals surface area (Å²) in [6, 6.07) is 17.6. The van der Waals surface area contributed by atoms with Crippen LogP contribution in [-0.2, 0) is 11.3 Å². The number of aromatic nitrogens is 2. The zero-order chi connectivity index (χ0) is 18.6. The number of carbonyl (C=O) groups excluding carboxylic acids is 1. The number of rotatable bonds is 6. The molecule has 1 N–H and O–H groups in total. The summed E-state index contributed by atoms with van der Waals surface area (Å²) in [6.45, 7) is 0.557. The Morgan fingerprint density at radius 2 is 1.93 bits per heavy atom. The van der Waals surface area contributed by atoms with E-state index >= 15 is 0 Å². The van der Waals surface area contributed by atoms with Crippen molar-refractivity contribution in [2.75, 3.05) is 0 Å². The Morgan fingerprint density at radius 3 is 2.67 bits per heavy atom. The van der Waals surface area contributed by atoms with E-state index in [-0.39, 0.29) is 11.8 Å². The minimum absolute atomic E-state index is 0.0176. The summed E-state index contributed by atoms with van der Waals surface area (Å²) in [5.41, 5.74) is 6.25.